The summed E-state index contributed by atoms with van der Waals surface area (Å²) in [5.41, 5.74) is 0. The van der Waals surface area contributed by atoms with Crippen LogP contribution in [0.25, 0.3) is 0 Å². The molecule has 1 unspecified atom stereocenters. The number of aromatic nitrogens is 2. The number of nitrogens with one attached hydrogen (secondary N) is 1. The first kappa shape index (κ1) is 10.3. The van der Waals surface area contributed by atoms with E-state index in [1.165, 1.54) is 0 Å². The van der Waals surface area contributed by atoms with Crippen LogP contribution in [-0.4, -0.2) is 23.1 Å². The van der Waals surface area contributed by atoms with E-state index in [9.17, 15) is 0 Å². The molecular weight excluding hydrogens is 178 g/mol. The summed E-state index contributed by atoms with van der Waals surface area (Å²) in [5.74, 6) is 3.74. The first-order valence-electron chi connectivity index (χ1n) is 4.32. The van der Waals surface area contributed by atoms with Gasteiger partial charge in [-0.05, 0) is 6.92 Å². The highest BCUT2D eigenvalue weighted by molar-refractivity contribution is 5.34. The number of anilines is 1. The van der Waals surface area contributed by atoms with Gasteiger partial charge in [0.05, 0.1) is 19.5 Å². The molecular formula is C10H13N3O. The van der Waals surface area contributed by atoms with Crippen LogP contribution in [0.2, 0.25) is 0 Å². The van der Waals surface area contributed by atoms with Crippen molar-refractivity contribution in [1.29, 1.82) is 0 Å². The van der Waals surface area contributed by atoms with E-state index in [4.69, 9.17) is 11.2 Å². The fourth-order valence-corrected chi connectivity index (χ4v) is 0.996. The van der Waals surface area contributed by atoms with Gasteiger partial charge in [0.1, 0.15) is 5.82 Å². The first-order valence-corrected chi connectivity index (χ1v) is 4.32. The fourth-order valence-electron chi connectivity index (χ4n) is 0.996. The van der Waals surface area contributed by atoms with Crippen molar-refractivity contribution in [3.63, 3.8) is 0 Å². The Kier molecular flexibility index (Phi) is 3.74. The van der Waals surface area contributed by atoms with Crippen molar-refractivity contribution in [1.82, 2.24) is 9.97 Å². The van der Waals surface area contributed by atoms with Gasteiger partial charge >= 0.3 is 0 Å². The zero-order valence-corrected chi connectivity index (χ0v) is 8.32. The molecule has 0 spiro atoms. The van der Waals surface area contributed by atoms with E-state index in [0.29, 0.717) is 18.1 Å². The summed E-state index contributed by atoms with van der Waals surface area (Å²) in [7, 11) is 1.55. The second kappa shape index (κ2) is 5.07. The highest BCUT2D eigenvalue weighted by Crippen LogP contribution is 2.09. The molecule has 0 bridgehead atoms. The third kappa shape index (κ3) is 2.94. The van der Waals surface area contributed by atoms with Gasteiger partial charge in [-0.15, -0.1) is 12.3 Å². The number of hydrogen-bond acceptors (Lipinski definition) is 4. The van der Waals surface area contributed by atoms with Crippen LogP contribution in [0.1, 0.15) is 13.3 Å². The lowest BCUT2D eigenvalue weighted by Gasteiger charge is -2.11. The molecule has 0 amide bonds. The monoisotopic (exact) mass is 191 g/mol. The number of rotatable bonds is 4. The predicted molar refractivity (Wildman–Crippen MR) is 55.1 cm³/mol. The van der Waals surface area contributed by atoms with E-state index in [-0.39, 0.29) is 6.04 Å². The van der Waals surface area contributed by atoms with Crippen LogP contribution < -0.4 is 10.1 Å². The number of nitrogens with zero attached hydrogens (tertiary/aromatic N) is 2. The standard InChI is InChI=1S/C10H13N3O/c1-4-5-8(2)12-9-6-11-7-10(13-9)14-3/h1,6-8H,5H2,2-3H3,(H,12,13). The highest BCUT2D eigenvalue weighted by atomic mass is 16.5. The molecule has 0 saturated heterocycles. The van der Waals surface area contributed by atoms with Gasteiger partial charge in [0.2, 0.25) is 5.88 Å². The molecule has 0 aliphatic rings. The average molecular weight is 191 g/mol. The predicted octanol–water partition coefficient (Wildman–Crippen LogP) is 1.31. The van der Waals surface area contributed by atoms with Gasteiger partial charge < -0.3 is 10.1 Å². The molecule has 0 saturated carbocycles. The quantitative estimate of drug-likeness (QED) is 0.729. The maximum Gasteiger partial charge on any atom is 0.233 e. The second-order valence-corrected chi connectivity index (χ2v) is 2.90. The first-order chi connectivity index (χ1) is 6.76. The maximum absolute atomic E-state index is 5.19. The van der Waals surface area contributed by atoms with Gasteiger partial charge in [0.25, 0.3) is 0 Å². The minimum atomic E-state index is 0.182. The van der Waals surface area contributed by atoms with Gasteiger partial charge in [-0.2, -0.15) is 4.98 Å². The Hall–Kier alpha value is -1.76. The van der Waals surface area contributed by atoms with Gasteiger partial charge in [-0.1, -0.05) is 0 Å². The lowest BCUT2D eigenvalue weighted by Crippen LogP contribution is -2.15. The summed E-state index contributed by atoms with van der Waals surface area (Å²) in [6.45, 7) is 1.99. The number of methoxy groups -OCH3 is 1. The van der Waals surface area contributed by atoms with Crippen LogP contribution in [0.4, 0.5) is 5.82 Å². The number of terminal acetylenes is 1. The lowest BCUT2D eigenvalue weighted by atomic mass is 10.2. The Morgan fingerprint density at radius 2 is 2.43 bits per heavy atom. The largest absolute Gasteiger partial charge is 0.480 e. The summed E-state index contributed by atoms with van der Waals surface area (Å²) < 4.78 is 4.94. The molecule has 4 heteroatoms. The van der Waals surface area contributed by atoms with E-state index in [2.05, 4.69) is 21.2 Å². The smallest absolute Gasteiger partial charge is 0.233 e. The summed E-state index contributed by atoms with van der Waals surface area (Å²) in [6.07, 6.45) is 9.03. The molecule has 74 valence electrons. The molecule has 1 aromatic heterocycles. The molecule has 1 N–H and O–H groups in total. The minimum Gasteiger partial charge on any atom is -0.480 e. The molecule has 1 heterocycles. The van der Waals surface area contributed by atoms with Crippen molar-refractivity contribution in [2.45, 2.75) is 19.4 Å². The van der Waals surface area contributed by atoms with Crippen LogP contribution in [0.5, 0.6) is 5.88 Å². The van der Waals surface area contributed by atoms with E-state index < -0.39 is 0 Å². The van der Waals surface area contributed by atoms with Crippen molar-refractivity contribution < 1.29 is 4.74 Å². The molecule has 0 aliphatic carbocycles. The van der Waals surface area contributed by atoms with Crippen molar-refractivity contribution in [2.75, 3.05) is 12.4 Å². The topological polar surface area (TPSA) is 47.0 Å². The highest BCUT2D eigenvalue weighted by Gasteiger charge is 2.02. The molecule has 0 fully saturated rings. The lowest BCUT2D eigenvalue weighted by molar-refractivity contribution is 0.396. The zero-order chi connectivity index (χ0) is 10.4. The Labute approximate surface area is 83.7 Å². The zero-order valence-electron chi connectivity index (χ0n) is 8.32. The average Bonchev–Trinajstić information content (AvgIpc) is 2.18. The van der Waals surface area contributed by atoms with Crippen molar-refractivity contribution in [2.24, 2.45) is 0 Å². The fraction of sp³-hybridized carbons (Fsp3) is 0.400. The van der Waals surface area contributed by atoms with Crippen LogP contribution in [0.15, 0.2) is 12.4 Å². The molecule has 1 rings (SSSR count). The Bertz CT molecular complexity index is 332. The van der Waals surface area contributed by atoms with Crippen molar-refractivity contribution in [3.8, 4) is 18.2 Å². The van der Waals surface area contributed by atoms with Crippen molar-refractivity contribution >= 4 is 5.82 Å². The summed E-state index contributed by atoms with van der Waals surface area (Å²) in [6, 6.07) is 0.182. The SMILES string of the molecule is C#CCC(C)Nc1cncc(OC)n1. The second-order valence-electron chi connectivity index (χ2n) is 2.90. The van der Waals surface area contributed by atoms with Gasteiger partial charge in [0, 0.05) is 12.5 Å². The molecule has 0 radical (unpaired) electrons. The third-order valence-electron chi connectivity index (χ3n) is 1.64. The van der Waals surface area contributed by atoms with Gasteiger partial charge in [0.15, 0.2) is 0 Å². The van der Waals surface area contributed by atoms with Gasteiger partial charge in [-0.25, -0.2) is 0 Å². The Balaban J connectivity index is 2.63. The normalized spacial score (nSPS) is 11.5. The summed E-state index contributed by atoms with van der Waals surface area (Å²) >= 11 is 0. The summed E-state index contributed by atoms with van der Waals surface area (Å²) in [5, 5.41) is 3.12. The molecule has 1 aromatic rings. The van der Waals surface area contributed by atoms with E-state index in [1.807, 2.05) is 6.92 Å². The van der Waals surface area contributed by atoms with Crippen LogP contribution in [0.3, 0.4) is 0 Å². The molecule has 1 atom stereocenters. The molecule has 0 aliphatic heterocycles. The van der Waals surface area contributed by atoms with Crippen LogP contribution in [-0.2, 0) is 0 Å². The molecule has 14 heavy (non-hydrogen) atoms. The molecule has 0 aromatic carbocycles. The molecule has 4 nitrogen and oxygen atoms in total. The van der Waals surface area contributed by atoms with Crippen molar-refractivity contribution in [3.05, 3.63) is 12.4 Å². The summed E-state index contributed by atoms with van der Waals surface area (Å²) in [4.78, 5) is 8.12. The van der Waals surface area contributed by atoms with E-state index in [0.717, 1.165) is 0 Å². The number of hydrogen-bond donors (Lipinski definition) is 1. The van der Waals surface area contributed by atoms with Gasteiger partial charge in [-0.3, -0.25) is 4.98 Å². The Morgan fingerprint density at radius 1 is 1.64 bits per heavy atom. The van der Waals surface area contributed by atoms with Crippen LogP contribution >= 0.6 is 0 Å². The van der Waals surface area contributed by atoms with Crippen LogP contribution in [0, 0.1) is 12.3 Å². The number of ether oxygens (including phenoxy) is 1. The van der Waals surface area contributed by atoms with E-state index >= 15 is 0 Å². The minimum absolute atomic E-state index is 0.182. The van der Waals surface area contributed by atoms with E-state index in [1.54, 1.807) is 19.5 Å². The Morgan fingerprint density at radius 3 is 3.07 bits per heavy atom. The maximum atomic E-state index is 5.19. The third-order valence-corrected chi connectivity index (χ3v) is 1.64.